The van der Waals surface area contributed by atoms with Crippen molar-refractivity contribution in [2.45, 2.75) is 33.0 Å². The van der Waals surface area contributed by atoms with Gasteiger partial charge in [0.2, 0.25) is 0 Å². The molecule has 104 valence electrons. The van der Waals surface area contributed by atoms with Crippen molar-refractivity contribution in [1.82, 2.24) is 0 Å². The number of rotatable bonds is 4. The summed E-state index contributed by atoms with van der Waals surface area (Å²) in [6.07, 6.45) is -1.25. The van der Waals surface area contributed by atoms with Crippen molar-refractivity contribution >= 4 is 35.1 Å². The maximum atomic E-state index is 11.8. The van der Waals surface area contributed by atoms with Gasteiger partial charge in [-0.2, -0.15) is 0 Å². The zero-order valence-corrected chi connectivity index (χ0v) is 12.3. The van der Waals surface area contributed by atoms with Crippen LogP contribution in [-0.2, 0) is 14.3 Å². The Morgan fingerprint density at radius 3 is 2.21 bits per heavy atom. The Morgan fingerprint density at radius 1 is 1.05 bits per heavy atom. The van der Waals surface area contributed by atoms with E-state index in [0.29, 0.717) is 5.02 Å². The van der Waals surface area contributed by atoms with Crippen molar-refractivity contribution in [2.75, 3.05) is 0 Å². The number of hydrogen-bond donors (Lipinski definition) is 0. The summed E-state index contributed by atoms with van der Waals surface area (Å²) < 4.78 is 9.91. The van der Waals surface area contributed by atoms with Crippen LogP contribution in [0.2, 0.25) is 10.0 Å². The van der Waals surface area contributed by atoms with Crippen LogP contribution in [0.15, 0.2) is 18.2 Å². The van der Waals surface area contributed by atoms with Gasteiger partial charge < -0.3 is 9.47 Å². The van der Waals surface area contributed by atoms with Gasteiger partial charge in [-0.25, -0.2) is 9.59 Å². The number of benzene rings is 1. The molecule has 0 amide bonds. The quantitative estimate of drug-likeness (QED) is 0.799. The number of carbonyl (C=O) groups is 2. The molecule has 1 atom stereocenters. The summed E-state index contributed by atoms with van der Waals surface area (Å²) in [5.74, 6) is -1.25. The molecule has 1 aromatic rings. The Kier molecular flexibility index (Phi) is 5.63. The van der Waals surface area contributed by atoms with E-state index in [1.54, 1.807) is 13.8 Å². The Balaban J connectivity index is 2.68. The van der Waals surface area contributed by atoms with Crippen LogP contribution in [0, 0.1) is 0 Å². The summed E-state index contributed by atoms with van der Waals surface area (Å²) in [4.78, 5) is 23.3. The minimum absolute atomic E-state index is 0.221. The maximum Gasteiger partial charge on any atom is 0.347 e. The van der Waals surface area contributed by atoms with E-state index in [0.717, 1.165) is 0 Å². The highest BCUT2D eigenvalue weighted by Gasteiger charge is 2.21. The van der Waals surface area contributed by atoms with Gasteiger partial charge in [0.15, 0.2) is 6.10 Å². The monoisotopic (exact) mass is 304 g/mol. The van der Waals surface area contributed by atoms with Crippen LogP contribution in [0.4, 0.5) is 0 Å². The van der Waals surface area contributed by atoms with E-state index in [1.165, 1.54) is 25.1 Å². The minimum Gasteiger partial charge on any atom is -0.460 e. The molecule has 0 radical (unpaired) electrons. The van der Waals surface area contributed by atoms with Gasteiger partial charge in [-0.3, -0.25) is 0 Å². The normalized spacial score (nSPS) is 12.1. The van der Waals surface area contributed by atoms with Crippen LogP contribution < -0.4 is 0 Å². The zero-order chi connectivity index (χ0) is 14.6. The van der Waals surface area contributed by atoms with Crippen LogP contribution in [-0.4, -0.2) is 24.1 Å². The van der Waals surface area contributed by atoms with E-state index < -0.39 is 18.0 Å². The fourth-order valence-corrected chi connectivity index (χ4v) is 1.53. The van der Waals surface area contributed by atoms with Crippen LogP contribution in [0.3, 0.4) is 0 Å². The van der Waals surface area contributed by atoms with E-state index in [1.807, 2.05) is 0 Å². The average Bonchev–Trinajstić information content (AvgIpc) is 2.31. The molecule has 0 aromatic heterocycles. The first-order valence-electron chi connectivity index (χ1n) is 5.67. The molecule has 4 nitrogen and oxygen atoms in total. The molecular weight excluding hydrogens is 291 g/mol. The van der Waals surface area contributed by atoms with Crippen LogP contribution in [0.5, 0.6) is 0 Å². The van der Waals surface area contributed by atoms with Crippen LogP contribution in [0.1, 0.15) is 31.1 Å². The number of ether oxygens (including phenoxy) is 2. The number of hydrogen-bond acceptors (Lipinski definition) is 4. The summed E-state index contributed by atoms with van der Waals surface area (Å²) in [7, 11) is 0. The van der Waals surface area contributed by atoms with Crippen molar-refractivity contribution in [3.8, 4) is 0 Å². The highest BCUT2D eigenvalue weighted by atomic mass is 35.5. The molecular formula is C13H14Cl2O4. The SMILES string of the molecule is CC(C)OC(=O)[C@@H](C)OC(=O)c1ccc(Cl)c(Cl)c1. The molecule has 0 heterocycles. The molecule has 1 rings (SSSR count). The number of esters is 2. The van der Waals surface area contributed by atoms with Crippen molar-refractivity contribution in [2.24, 2.45) is 0 Å². The van der Waals surface area contributed by atoms with Gasteiger partial charge in [-0.1, -0.05) is 23.2 Å². The van der Waals surface area contributed by atoms with Crippen molar-refractivity contribution in [3.05, 3.63) is 33.8 Å². The molecule has 0 unspecified atom stereocenters. The lowest BCUT2D eigenvalue weighted by molar-refractivity contribution is -0.156. The lowest BCUT2D eigenvalue weighted by Crippen LogP contribution is -2.28. The summed E-state index contributed by atoms with van der Waals surface area (Å²) in [6.45, 7) is 4.87. The molecule has 0 spiro atoms. The van der Waals surface area contributed by atoms with Gasteiger partial charge in [0, 0.05) is 0 Å². The van der Waals surface area contributed by atoms with E-state index in [2.05, 4.69) is 0 Å². The summed E-state index contributed by atoms with van der Waals surface area (Å²) >= 11 is 11.5. The molecule has 0 aliphatic carbocycles. The molecule has 0 saturated heterocycles. The highest BCUT2D eigenvalue weighted by molar-refractivity contribution is 6.42. The number of halogens is 2. The lowest BCUT2D eigenvalue weighted by Gasteiger charge is -2.14. The van der Waals surface area contributed by atoms with Crippen molar-refractivity contribution in [1.29, 1.82) is 0 Å². The standard InChI is InChI=1S/C13H14Cl2O4/c1-7(2)18-12(16)8(3)19-13(17)9-4-5-10(14)11(15)6-9/h4-8H,1-3H3/t8-/m1/s1. The molecule has 0 N–H and O–H groups in total. The van der Waals surface area contributed by atoms with E-state index in [-0.39, 0.29) is 16.7 Å². The predicted molar refractivity (Wildman–Crippen MR) is 72.6 cm³/mol. The van der Waals surface area contributed by atoms with Gasteiger partial charge in [0.05, 0.1) is 21.7 Å². The van der Waals surface area contributed by atoms with Crippen LogP contribution in [0.25, 0.3) is 0 Å². The Labute approximate surface area is 121 Å². The van der Waals surface area contributed by atoms with Gasteiger partial charge in [0.1, 0.15) is 0 Å². The minimum atomic E-state index is -0.982. The van der Waals surface area contributed by atoms with Gasteiger partial charge in [0.25, 0.3) is 0 Å². The third-order valence-electron chi connectivity index (χ3n) is 2.12. The molecule has 0 bridgehead atoms. The average molecular weight is 305 g/mol. The third kappa shape index (κ3) is 4.73. The van der Waals surface area contributed by atoms with E-state index in [4.69, 9.17) is 32.7 Å². The van der Waals surface area contributed by atoms with Crippen molar-refractivity contribution in [3.63, 3.8) is 0 Å². The molecule has 0 aliphatic heterocycles. The molecule has 0 aliphatic rings. The lowest BCUT2D eigenvalue weighted by atomic mass is 10.2. The topological polar surface area (TPSA) is 52.6 Å². The first-order chi connectivity index (χ1) is 8.81. The molecule has 0 fully saturated rings. The second kappa shape index (κ2) is 6.78. The second-order valence-corrected chi connectivity index (χ2v) is 4.98. The fourth-order valence-electron chi connectivity index (χ4n) is 1.23. The predicted octanol–water partition coefficient (Wildman–Crippen LogP) is 3.49. The van der Waals surface area contributed by atoms with Gasteiger partial charge >= 0.3 is 11.9 Å². The molecule has 1 aromatic carbocycles. The Morgan fingerprint density at radius 2 is 1.68 bits per heavy atom. The molecule has 0 saturated carbocycles. The Bertz CT molecular complexity index is 486. The van der Waals surface area contributed by atoms with E-state index in [9.17, 15) is 9.59 Å². The van der Waals surface area contributed by atoms with Gasteiger partial charge in [-0.05, 0) is 39.0 Å². The third-order valence-corrected chi connectivity index (χ3v) is 2.86. The van der Waals surface area contributed by atoms with Crippen molar-refractivity contribution < 1.29 is 19.1 Å². The highest BCUT2D eigenvalue weighted by Crippen LogP contribution is 2.23. The van der Waals surface area contributed by atoms with Crippen LogP contribution >= 0.6 is 23.2 Å². The largest absolute Gasteiger partial charge is 0.460 e. The maximum absolute atomic E-state index is 11.8. The fraction of sp³-hybridized carbons (Fsp3) is 0.385. The Hall–Kier alpha value is -1.26. The van der Waals surface area contributed by atoms with E-state index >= 15 is 0 Å². The molecule has 6 heteroatoms. The summed E-state index contributed by atoms with van der Waals surface area (Å²) in [5, 5.41) is 0.582. The first-order valence-corrected chi connectivity index (χ1v) is 6.43. The second-order valence-electron chi connectivity index (χ2n) is 4.16. The summed E-state index contributed by atoms with van der Waals surface area (Å²) in [5.41, 5.74) is 0.221. The number of carbonyl (C=O) groups excluding carboxylic acids is 2. The summed E-state index contributed by atoms with van der Waals surface area (Å²) in [6, 6.07) is 4.33. The first kappa shape index (κ1) is 15.8. The van der Waals surface area contributed by atoms with Gasteiger partial charge in [-0.15, -0.1) is 0 Å². The molecule has 19 heavy (non-hydrogen) atoms. The zero-order valence-electron chi connectivity index (χ0n) is 10.8. The smallest absolute Gasteiger partial charge is 0.347 e.